The van der Waals surface area contributed by atoms with Crippen LogP contribution in [-0.2, 0) is 5.41 Å². The van der Waals surface area contributed by atoms with Crippen molar-refractivity contribution < 1.29 is 9.53 Å². The van der Waals surface area contributed by atoms with Crippen LogP contribution in [0.4, 0.5) is 11.4 Å². The highest BCUT2D eigenvalue weighted by Gasteiger charge is 2.32. The highest BCUT2D eigenvalue weighted by molar-refractivity contribution is 6.12. The molecule has 21 heavy (non-hydrogen) atoms. The molecule has 108 valence electrons. The number of fused-ring (bicyclic) bond motifs is 1. The summed E-state index contributed by atoms with van der Waals surface area (Å²) in [6, 6.07) is 10.5. The molecule has 0 radical (unpaired) electrons. The Morgan fingerprint density at radius 1 is 1.14 bits per heavy atom. The first-order valence-corrected chi connectivity index (χ1v) is 6.85. The molecule has 0 fully saturated rings. The number of hydrogen-bond acceptors (Lipinski definition) is 4. The number of benzene rings is 2. The molecule has 0 spiro atoms. The Morgan fingerprint density at radius 3 is 2.62 bits per heavy atom. The van der Waals surface area contributed by atoms with Crippen molar-refractivity contribution >= 4 is 17.2 Å². The largest absolute Gasteiger partial charge is 0.492 e. The number of anilines is 2. The average molecular weight is 282 g/mol. The summed E-state index contributed by atoms with van der Waals surface area (Å²) in [5.41, 5.74) is 14.6. The highest BCUT2D eigenvalue weighted by atomic mass is 16.5. The van der Waals surface area contributed by atoms with Gasteiger partial charge in [-0.2, -0.15) is 0 Å². The molecule has 4 heteroatoms. The Labute approximate surface area is 123 Å². The van der Waals surface area contributed by atoms with E-state index >= 15 is 0 Å². The maximum atomic E-state index is 12.6. The smallest absolute Gasteiger partial charge is 0.195 e. The van der Waals surface area contributed by atoms with Gasteiger partial charge in [0.2, 0.25) is 0 Å². The van der Waals surface area contributed by atoms with Gasteiger partial charge >= 0.3 is 0 Å². The molecule has 3 rings (SSSR count). The second kappa shape index (κ2) is 4.52. The Bertz CT molecular complexity index is 736. The van der Waals surface area contributed by atoms with Crippen molar-refractivity contribution in [3.63, 3.8) is 0 Å². The number of hydrogen-bond donors (Lipinski definition) is 2. The van der Waals surface area contributed by atoms with Crippen LogP contribution in [0, 0.1) is 0 Å². The first-order chi connectivity index (χ1) is 9.88. The molecule has 0 aliphatic carbocycles. The van der Waals surface area contributed by atoms with E-state index in [0.717, 1.165) is 11.3 Å². The number of carbonyl (C=O) groups excluding carboxylic acids is 1. The molecule has 1 heterocycles. The van der Waals surface area contributed by atoms with Gasteiger partial charge in [0.25, 0.3) is 0 Å². The predicted octanol–water partition coefficient (Wildman–Crippen LogP) is 2.75. The molecule has 0 saturated heterocycles. The first kappa shape index (κ1) is 13.5. The van der Waals surface area contributed by atoms with Crippen LogP contribution < -0.4 is 16.2 Å². The van der Waals surface area contributed by atoms with Gasteiger partial charge < -0.3 is 16.2 Å². The third kappa shape index (κ3) is 2.23. The van der Waals surface area contributed by atoms with Gasteiger partial charge in [-0.3, -0.25) is 4.79 Å². The summed E-state index contributed by atoms with van der Waals surface area (Å²) in [6.45, 7) is 4.83. The molecular weight excluding hydrogens is 264 g/mol. The van der Waals surface area contributed by atoms with Crippen LogP contribution in [0.1, 0.15) is 35.3 Å². The van der Waals surface area contributed by atoms with Crippen molar-refractivity contribution in [2.45, 2.75) is 19.3 Å². The van der Waals surface area contributed by atoms with Gasteiger partial charge in [-0.15, -0.1) is 0 Å². The van der Waals surface area contributed by atoms with Gasteiger partial charge in [0.15, 0.2) is 5.78 Å². The topological polar surface area (TPSA) is 78.3 Å². The molecule has 2 aromatic rings. The van der Waals surface area contributed by atoms with Crippen LogP contribution in [0.15, 0.2) is 36.4 Å². The average Bonchev–Trinajstić information content (AvgIpc) is 2.74. The molecule has 0 bridgehead atoms. The monoisotopic (exact) mass is 282 g/mol. The number of rotatable bonds is 2. The summed E-state index contributed by atoms with van der Waals surface area (Å²) in [6.07, 6.45) is 0. The minimum absolute atomic E-state index is 0.0850. The molecule has 1 aliphatic heterocycles. The van der Waals surface area contributed by atoms with Crippen molar-refractivity contribution in [3.8, 4) is 5.75 Å². The summed E-state index contributed by atoms with van der Waals surface area (Å²) in [5, 5.41) is 0. The van der Waals surface area contributed by atoms with Crippen LogP contribution in [0.5, 0.6) is 5.75 Å². The molecule has 0 atom stereocenters. The Morgan fingerprint density at radius 2 is 1.90 bits per heavy atom. The van der Waals surface area contributed by atoms with Gasteiger partial charge in [0.1, 0.15) is 5.75 Å². The molecular formula is C17H18N2O2. The van der Waals surface area contributed by atoms with Gasteiger partial charge in [0, 0.05) is 33.5 Å². The van der Waals surface area contributed by atoms with Crippen LogP contribution in [-0.4, -0.2) is 12.4 Å². The Hall–Kier alpha value is -2.49. The summed E-state index contributed by atoms with van der Waals surface area (Å²) >= 11 is 0. The fraction of sp³-hybridized carbons (Fsp3) is 0.235. The highest BCUT2D eigenvalue weighted by Crippen LogP contribution is 2.39. The maximum absolute atomic E-state index is 12.6. The molecule has 4 nitrogen and oxygen atoms in total. The first-order valence-electron chi connectivity index (χ1n) is 6.85. The fourth-order valence-corrected chi connectivity index (χ4v) is 2.61. The maximum Gasteiger partial charge on any atom is 0.195 e. The van der Waals surface area contributed by atoms with Gasteiger partial charge in [-0.05, 0) is 36.4 Å². The van der Waals surface area contributed by atoms with Crippen molar-refractivity contribution in [2.75, 3.05) is 18.1 Å². The summed E-state index contributed by atoms with van der Waals surface area (Å²) in [4.78, 5) is 12.6. The van der Waals surface area contributed by atoms with Crippen LogP contribution in [0.3, 0.4) is 0 Å². The van der Waals surface area contributed by atoms with E-state index in [1.54, 1.807) is 24.3 Å². The van der Waals surface area contributed by atoms with E-state index in [1.807, 2.05) is 12.1 Å². The molecule has 0 amide bonds. The minimum atomic E-state index is -0.0991. The third-order valence-corrected chi connectivity index (χ3v) is 3.88. The van der Waals surface area contributed by atoms with Crippen molar-refractivity contribution in [2.24, 2.45) is 0 Å². The number of ether oxygens (including phenoxy) is 1. The van der Waals surface area contributed by atoms with E-state index in [9.17, 15) is 4.79 Å². The standard InChI is InChI=1S/C17H18N2O2/c1-17(2)9-21-15-6-3-10(7-13(15)17)16(20)12-5-4-11(18)8-14(12)19/h3-8H,9,18-19H2,1-2H3. The fourth-order valence-electron chi connectivity index (χ4n) is 2.61. The molecule has 4 N–H and O–H groups in total. The number of nitrogens with two attached hydrogens (primary N) is 2. The summed E-state index contributed by atoms with van der Waals surface area (Å²) in [7, 11) is 0. The molecule has 0 aromatic heterocycles. The lowest BCUT2D eigenvalue weighted by molar-refractivity contribution is 0.103. The molecule has 0 unspecified atom stereocenters. The normalized spacial score (nSPS) is 15.3. The lowest BCUT2D eigenvalue weighted by Gasteiger charge is -2.15. The summed E-state index contributed by atoms with van der Waals surface area (Å²) < 4.78 is 5.64. The zero-order valence-corrected chi connectivity index (χ0v) is 12.1. The van der Waals surface area contributed by atoms with Gasteiger partial charge in [0.05, 0.1) is 6.61 Å². The molecule has 2 aromatic carbocycles. The van der Waals surface area contributed by atoms with Gasteiger partial charge in [-0.1, -0.05) is 13.8 Å². The molecule has 1 aliphatic rings. The zero-order chi connectivity index (χ0) is 15.2. The second-order valence-electron chi connectivity index (χ2n) is 6.06. The minimum Gasteiger partial charge on any atom is -0.492 e. The van der Waals surface area contributed by atoms with Crippen molar-refractivity contribution in [3.05, 3.63) is 53.1 Å². The zero-order valence-electron chi connectivity index (χ0n) is 12.1. The number of ketones is 1. The van der Waals surface area contributed by atoms with E-state index in [2.05, 4.69) is 13.8 Å². The van der Waals surface area contributed by atoms with E-state index in [-0.39, 0.29) is 11.2 Å². The SMILES string of the molecule is CC1(C)COc2ccc(C(=O)c3ccc(N)cc3N)cc21. The molecule has 0 saturated carbocycles. The van der Waals surface area contributed by atoms with Crippen LogP contribution in [0.25, 0.3) is 0 Å². The summed E-state index contributed by atoms with van der Waals surface area (Å²) in [5.74, 6) is 0.750. The van der Waals surface area contributed by atoms with E-state index in [1.165, 1.54) is 0 Å². The Kier molecular flexibility index (Phi) is 2.90. The van der Waals surface area contributed by atoms with Crippen molar-refractivity contribution in [1.82, 2.24) is 0 Å². The van der Waals surface area contributed by atoms with E-state index in [0.29, 0.717) is 29.1 Å². The number of nitrogen functional groups attached to an aromatic ring is 2. The predicted molar refractivity (Wildman–Crippen MR) is 83.7 cm³/mol. The van der Waals surface area contributed by atoms with Crippen LogP contribution >= 0.6 is 0 Å². The van der Waals surface area contributed by atoms with Gasteiger partial charge in [-0.25, -0.2) is 0 Å². The quantitative estimate of drug-likeness (QED) is 0.655. The van der Waals surface area contributed by atoms with Crippen LogP contribution in [0.2, 0.25) is 0 Å². The number of carbonyl (C=O) groups is 1. The van der Waals surface area contributed by atoms with E-state index < -0.39 is 0 Å². The lowest BCUT2D eigenvalue weighted by Crippen LogP contribution is -2.18. The Balaban J connectivity index is 2.03. The lowest BCUT2D eigenvalue weighted by atomic mass is 9.85. The van der Waals surface area contributed by atoms with Crippen molar-refractivity contribution in [1.29, 1.82) is 0 Å². The van der Waals surface area contributed by atoms with E-state index in [4.69, 9.17) is 16.2 Å². The third-order valence-electron chi connectivity index (χ3n) is 3.88. The second-order valence-corrected chi connectivity index (χ2v) is 6.06.